The van der Waals surface area contributed by atoms with Gasteiger partial charge in [-0.15, -0.1) is 11.8 Å². The summed E-state index contributed by atoms with van der Waals surface area (Å²) in [6.07, 6.45) is 1.94. The van der Waals surface area contributed by atoms with E-state index in [1.807, 2.05) is 19.2 Å². The van der Waals surface area contributed by atoms with Crippen molar-refractivity contribution >= 4 is 23.4 Å². The van der Waals surface area contributed by atoms with Crippen LogP contribution < -0.4 is 4.74 Å². The van der Waals surface area contributed by atoms with Crippen LogP contribution in [0.1, 0.15) is 11.1 Å². The molecule has 0 atom stereocenters. The van der Waals surface area contributed by atoms with Gasteiger partial charge in [0, 0.05) is 16.0 Å². The van der Waals surface area contributed by atoms with Gasteiger partial charge in [0.2, 0.25) is 0 Å². The normalized spacial score (nSPS) is 10.2. The summed E-state index contributed by atoms with van der Waals surface area (Å²) in [5, 5.41) is 9.51. The lowest BCUT2D eigenvalue weighted by atomic mass is 10.1. The van der Waals surface area contributed by atoms with E-state index in [0.717, 1.165) is 10.5 Å². The zero-order valence-corrected chi connectivity index (χ0v) is 12.5. The third-order valence-electron chi connectivity index (χ3n) is 2.77. The lowest BCUT2D eigenvalue weighted by molar-refractivity contribution is 0.474. The fourth-order valence-corrected chi connectivity index (χ4v) is 2.65. The van der Waals surface area contributed by atoms with Gasteiger partial charge in [-0.3, -0.25) is 0 Å². The molecule has 0 heterocycles. The predicted octanol–water partition coefficient (Wildman–Crippen LogP) is 5.17. The van der Waals surface area contributed by atoms with Gasteiger partial charge in [0.1, 0.15) is 23.4 Å². The van der Waals surface area contributed by atoms with Crippen molar-refractivity contribution in [1.82, 2.24) is 0 Å². The molecule has 0 saturated carbocycles. The summed E-state index contributed by atoms with van der Waals surface area (Å²) < 4.78 is 18.9. The van der Waals surface area contributed by atoms with Crippen molar-refractivity contribution in [2.45, 2.75) is 11.8 Å². The Morgan fingerprint density at radius 2 is 2.05 bits per heavy atom. The molecule has 0 bridgehead atoms. The van der Waals surface area contributed by atoms with Crippen LogP contribution in [0.5, 0.6) is 11.5 Å². The second-order valence-corrected chi connectivity index (χ2v) is 5.37. The van der Waals surface area contributed by atoms with Crippen molar-refractivity contribution in [3.63, 3.8) is 0 Å². The molecule has 20 heavy (non-hydrogen) atoms. The van der Waals surface area contributed by atoms with Gasteiger partial charge in [-0.25, -0.2) is 4.39 Å². The number of nitrogens with zero attached hydrogens (tertiary/aromatic N) is 1. The number of rotatable bonds is 3. The Morgan fingerprint density at radius 1 is 1.30 bits per heavy atom. The molecular weight excluding hydrogens is 297 g/mol. The molecular formula is C15H11ClFNOS. The molecule has 0 aliphatic carbocycles. The summed E-state index contributed by atoms with van der Waals surface area (Å²) in [7, 11) is 0. The summed E-state index contributed by atoms with van der Waals surface area (Å²) in [6, 6.07) is 9.63. The molecule has 2 rings (SSSR count). The van der Waals surface area contributed by atoms with Crippen molar-refractivity contribution in [3.8, 4) is 17.6 Å². The van der Waals surface area contributed by atoms with E-state index in [9.17, 15) is 9.65 Å². The van der Waals surface area contributed by atoms with Gasteiger partial charge in [0.05, 0.1) is 5.56 Å². The van der Waals surface area contributed by atoms with Gasteiger partial charge < -0.3 is 4.74 Å². The SMILES string of the molecule is CSc1ccc(Oc2cc(F)cc(Cl)c2)c(C#N)c1C. The summed E-state index contributed by atoms with van der Waals surface area (Å²) in [5.41, 5.74) is 1.29. The lowest BCUT2D eigenvalue weighted by Gasteiger charge is -2.12. The van der Waals surface area contributed by atoms with Gasteiger partial charge in [-0.05, 0) is 43.0 Å². The van der Waals surface area contributed by atoms with Gasteiger partial charge in [0.15, 0.2) is 0 Å². The van der Waals surface area contributed by atoms with Crippen molar-refractivity contribution in [1.29, 1.82) is 5.26 Å². The summed E-state index contributed by atoms with van der Waals surface area (Å²) in [6.45, 7) is 1.86. The van der Waals surface area contributed by atoms with Gasteiger partial charge in [-0.1, -0.05) is 11.6 Å². The van der Waals surface area contributed by atoms with E-state index in [1.54, 1.807) is 17.8 Å². The van der Waals surface area contributed by atoms with E-state index in [4.69, 9.17) is 16.3 Å². The zero-order valence-electron chi connectivity index (χ0n) is 10.9. The highest BCUT2D eigenvalue weighted by Crippen LogP contribution is 2.33. The van der Waals surface area contributed by atoms with Crippen LogP contribution in [0.25, 0.3) is 0 Å². The zero-order chi connectivity index (χ0) is 14.7. The molecule has 5 heteroatoms. The van der Waals surface area contributed by atoms with E-state index < -0.39 is 5.82 Å². The van der Waals surface area contributed by atoms with Crippen LogP contribution in [0.2, 0.25) is 5.02 Å². The van der Waals surface area contributed by atoms with Crippen molar-refractivity contribution < 1.29 is 9.13 Å². The molecule has 0 spiro atoms. The molecule has 0 N–H and O–H groups in total. The first-order valence-electron chi connectivity index (χ1n) is 5.76. The van der Waals surface area contributed by atoms with Crippen molar-refractivity contribution in [2.24, 2.45) is 0 Å². The maximum Gasteiger partial charge on any atom is 0.145 e. The number of thioether (sulfide) groups is 1. The molecule has 102 valence electrons. The fourth-order valence-electron chi connectivity index (χ4n) is 1.83. The third-order valence-corrected chi connectivity index (χ3v) is 3.87. The summed E-state index contributed by atoms with van der Waals surface area (Å²) >= 11 is 7.34. The Bertz CT molecular complexity index is 677. The highest BCUT2D eigenvalue weighted by molar-refractivity contribution is 7.98. The second-order valence-electron chi connectivity index (χ2n) is 4.08. The van der Waals surface area contributed by atoms with Crippen LogP contribution in [0.15, 0.2) is 35.2 Å². The summed E-state index contributed by atoms with van der Waals surface area (Å²) in [4.78, 5) is 1.01. The molecule has 0 aliphatic rings. The second kappa shape index (κ2) is 6.17. The lowest BCUT2D eigenvalue weighted by Crippen LogP contribution is -1.93. The Balaban J connectivity index is 2.44. The molecule has 0 amide bonds. The van der Waals surface area contributed by atoms with Crippen LogP contribution in [0.3, 0.4) is 0 Å². The number of ether oxygens (including phenoxy) is 1. The Kier molecular flexibility index (Phi) is 4.53. The van der Waals surface area contributed by atoms with Crippen LogP contribution in [-0.4, -0.2) is 6.26 Å². The van der Waals surface area contributed by atoms with E-state index in [-0.39, 0.29) is 10.8 Å². The largest absolute Gasteiger partial charge is 0.456 e. The highest BCUT2D eigenvalue weighted by atomic mass is 35.5. The molecule has 0 aromatic heterocycles. The molecule has 0 radical (unpaired) electrons. The summed E-state index contributed by atoms with van der Waals surface area (Å²) in [5.74, 6) is 0.177. The smallest absolute Gasteiger partial charge is 0.145 e. The van der Waals surface area contributed by atoms with Crippen molar-refractivity contribution in [2.75, 3.05) is 6.26 Å². The first kappa shape index (κ1) is 14.7. The van der Waals surface area contributed by atoms with E-state index in [1.165, 1.54) is 18.2 Å². The van der Waals surface area contributed by atoms with Gasteiger partial charge in [-0.2, -0.15) is 5.26 Å². The number of nitriles is 1. The molecule has 0 unspecified atom stereocenters. The molecule has 0 aliphatic heterocycles. The average molecular weight is 308 g/mol. The van der Waals surface area contributed by atoms with Crippen LogP contribution >= 0.6 is 23.4 Å². The Hall–Kier alpha value is -1.70. The minimum atomic E-state index is -0.483. The molecule has 2 aromatic rings. The predicted molar refractivity (Wildman–Crippen MR) is 79.2 cm³/mol. The minimum Gasteiger partial charge on any atom is -0.456 e. The first-order chi connectivity index (χ1) is 9.55. The minimum absolute atomic E-state index is 0.246. The first-order valence-corrected chi connectivity index (χ1v) is 7.37. The van der Waals surface area contributed by atoms with Gasteiger partial charge in [0.25, 0.3) is 0 Å². The number of hydrogen-bond acceptors (Lipinski definition) is 3. The monoisotopic (exact) mass is 307 g/mol. The maximum atomic E-state index is 13.3. The van der Waals surface area contributed by atoms with Crippen LogP contribution in [-0.2, 0) is 0 Å². The average Bonchev–Trinajstić information content (AvgIpc) is 2.38. The molecule has 2 aromatic carbocycles. The molecule has 0 saturated heterocycles. The van der Waals surface area contributed by atoms with E-state index in [2.05, 4.69) is 6.07 Å². The van der Waals surface area contributed by atoms with Crippen LogP contribution in [0.4, 0.5) is 4.39 Å². The quantitative estimate of drug-likeness (QED) is 0.733. The third kappa shape index (κ3) is 3.06. The molecule has 0 fully saturated rings. The van der Waals surface area contributed by atoms with Gasteiger partial charge >= 0.3 is 0 Å². The Morgan fingerprint density at radius 3 is 2.65 bits per heavy atom. The standard InChI is InChI=1S/C15H11ClFNOS/c1-9-13(8-18)14(3-4-15(9)20-2)19-12-6-10(16)5-11(17)7-12/h3-7H,1-2H3. The Labute approximate surface area is 126 Å². The topological polar surface area (TPSA) is 33.0 Å². The fraction of sp³-hybridized carbons (Fsp3) is 0.133. The number of hydrogen-bond donors (Lipinski definition) is 0. The molecule has 2 nitrogen and oxygen atoms in total. The maximum absolute atomic E-state index is 13.3. The van der Waals surface area contributed by atoms with Crippen molar-refractivity contribution in [3.05, 3.63) is 52.3 Å². The highest BCUT2D eigenvalue weighted by Gasteiger charge is 2.12. The number of benzene rings is 2. The van der Waals surface area contributed by atoms with Crippen LogP contribution in [0, 0.1) is 24.1 Å². The van der Waals surface area contributed by atoms with E-state index in [0.29, 0.717) is 11.3 Å². The van der Waals surface area contributed by atoms with E-state index >= 15 is 0 Å². The number of halogens is 2.